The lowest BCUT2D eigenvalue weighted by Crippen LogP contribution is -2.51. The maximum Gasteiger partial charge on any atom is 0.343 e. The molecule has 9 rings (SSSR count). The molecule has 0 saturated carbocycles. The van der Waals surface area contributed by atoms with Crippen LogP contribution in [-0.4, -0.2) is 108 Å². The van der Waals surface area contributed by atoms with Crippen molar-refractivity contribution < 1.29 is 62.1 Å². The van der Waals surface area contributed by atoms with Crippen LogP contribution in [0, 0.1) is 12.7 Å². The van der Waals surface area contributed by atoms with Gasteiger partial charge >= 0.3 is 5.97 Å². The summed E-state index contributed by atoms with van der Waals surface area (Å²) in [7, 11) is 0. The van der Waals surface area contributed by atoms with Gasteiger partial charge < -0.3 is 50.5 Å². The summed E-state index contributed by atoms with van der Waals surface area (Å²) in [4.78, 5) is 121. The van der Waals surface area contributed by atoms with E-state index >= 15 is 4.39 Å². The molecular formula is C53H53FN8O13. The minimum atomic E-state index is -2.02. The van der Waals surface area contributed by atoms with Crippen LogP contribution in [0.25, 0.3) is 22.3 Å². The fourth-order valence-corrected chi connectivity index (χ4v) is 9.94. The molecule has 0 bridgehead atoms. The van der Waals surface area contributed by atoms with Gasteiger partial charge in [-0.2, -0.15) is 0 Å². The van der Waals surface area contributed by atoms with Gasteiger partial charge in [0.05, 0.1) is 73.7 Å². The molecule has 0 saturated heterocycles. The molecule has 6 N–H and O–H groups in total. The third-order valence-electron chi connectivity index (χ3n) is 13.9. The van der Waals surface area contributed by atoms with Gasteiger partial charge in [0, 0.05) is 46.7 Å². The number of cyclic esters (lactones) is 1. The highest BCUT2D eigenvalue weighted by atomic mass is 19.1. The SMILES string of the molecule is CC[C@@]1(O)C(=O)OCc2c1cc1n(c2=O)Cc2c-1nc1cc(F)c(C)c3c1c2[C@@H](OCCOCNC(=O)CNC(=O)[C@H](CC1=CCCC=C1)NC(=O)CNC(=O)CNC(=O)c1cccc(N2C(=O)C=CC2=O)c1)CC3. The standard InChI is InChI=1S/C53H53FN8O13/c1-3-53(72)35-20-39-48-33(25-61(39)51(70)34(35)26-75-52(53)71)47-40(13-12-32-28(2)36(54)21-37(60-48)46(32)47)74-17-16-73-27-58-42(64)23-57-50(69)38(18-29-8-5-4-6-9-29)59-43(65)24-55-41(63)22-56-49(68)30-10-7-11-31(19-30)62-44(66)14-15-45(62)67/h5,7-11,14-15,19-21,38,40,72H,3-4,6,12-13,16-18,22-27H2,1-2H3,(H,55,63)(H,56,68)(H,57,69)(H,58,64)(H,59,65)/t38-,40-,53-/m0/s1. The van der Waals surface area contributed by atoms with E-state index in [1.807, 2.05) is 18.2 Å². The zero-order valence-corrected chi connectivity index (χ0v) is 41.0. The maximum absolute atomic E-state index is 15.3. The van der Waals surface area contributed by atoms with Crippen molar-refractivity contribution in [3.8, 4) is 11.4 Å². The van der Waals surface area contributed by atoms with Gasteiger partial charge in [-0.1, -0.05) is 31.2 Å². The number of ether oxygens (including phenoxy) is 3. The second-order valence-corrected chi connectivity index (χ2v) is 18.5. The molecule has 3 aliphatic heterocycles. The lowest BCUT2D eigenvalue weighted by atomic mass is 9.82. The van der Waals surface area contributed by atoms with Crippen LogP contribution >= 0.6 is 0 Å². The highest BCUT2D eigenvalue weighted by molar-refractivity contribution is 6.28. The minimum Gasteiger partial charge on any atom is -0.458 e. The number of nitrogens with one attached hydrogen (secondary N) is 5. The Morgan fingerprint density at radius 3 is 2.43 bits per heavy atom. The number of anilines is 1. The number of hydrogen-bond acceptors (Lipinski definition) is 14. The summed E-state index contributed by atoms with van der Waals surface area (Å²) in [6, 6.07) is 7.56. The number of esters is 1. The van der Waals surface area contributed by atoms with E-state index in [1.165, 1.54) is 34.9 Å². The third kappa shape index (κ3) is 10.5. The van der Waals surface area contributed by atoms with Crippen molar-refractivity contribution in [2.24, 2.45) is 0 Å². The summed E-state index contributed by atoms with van der Waals surface area (Å²) in [5.41, 5.74) is 2.87. The average molecular weight is 1030 g/mol. The topological polar surface area (TPSA) is 283 Å². The van der Waals surface area contributed by atoms with Crippen molar-refractivity contribution in [1.82, 2.24) is 36.1 Å². The second-order valence-electron chi connectivity index (χ2n) is 18.5. The zero-order chi connectivity index (χ0) is 53.1. The fourth-order valence-electron chi connectivity index (χ4n) is 9.94. The Kier molecular flexibility index (Phi) is 15.0. The van der Waals surface area contributed by atoms with Crippen LogP contribution in [0.3, 0.4) is 0 Å². The quantitative estimate of drug-likeness (QED) is 0.0298. The van der Waals surface area contributed by atoms with Crippen molar-refractivity contribution in [3.05, 3.63) is 127 Å². The molecule has 4 aromatic rings. The molecule has 7 amide bonds. The number of aliphatic hydroxyl groups is 1. The van der Waals surface area contributed by atoms with Crippen molar-refractivity contribution in [3.63, 3.8) is 0 Å². The van der Waals surface area contributed by atoms with E-state index in [0.29, 0.717) is 40.9 Å². The molecule has 0 radical (unpaired) electrons. The van der Waals surface area contributed by atoms with Crippen LogP contribution in [-0.2, 0) is 72.9 Å². The van der Waals surface area contributed by atoms with Crippen molar-refractivity contribution >= 4 is 63.9 Å². The highest BCUT2D eigenvalue weighted by Crippen LogP contribution is 2.47. The first-order valence-corrected chi connectivity index (χ1v) is 24.5. The smallest absolute Gasteiger partial charge is 0.343 e. The number of aryl methyl sites for hydroxylation is 1. The summed E-state index contributed by atoms with van der Waals surface area (Å²) >= 11 is 0. The number of pyridine rings is 2. The Hall–Kier alpha value is -8.21. The molecule has 3 atom stereocenters. The van der Waals surface area contributed by atoms with Crippen LogP contribution < -0.4 is 37.0 Å². The molecule has 2 aromatic heterocycles. The van der Waals surface area contributed by atoms with Crippen molar-refractivity contribution in [2.45, 2.75) is 83.3 Å². The van der Waals surface area contributed by atoms with E-state index in [9.17, 15) is 48.3 Å². The summed E-state index contributed by atoms with van der Waals surface area (Å²) in [6.45, 7) is 1.55. The Morgan fingerprint density at radius 2 is 1.67 bits per heavy atom. The molecule has 0 unspecified atom stereocenters. The largest absolute Gasteiger partial charge is 0.458 e. The van der Waals surface area contributed by atoms with Gasteiger partial charge in [0.15, 0.2) is 5.60 Å². The molecule has 390 valence electrons. The molecule has 2 aliphatic carbocycles. The van der Waals surface area contributed by atoms with Gasteiger partial charge in [0.1, 0.15) is 25.2 Å². The van der Waals surface area contributed by atoms with Crippen LogP contribution in [0.2, 0.25) is 0 Å². The molecule has 5 heterocycles. The highest BCUT2D eigenvalue weighted by Gasteiger charge is 2.46. The van der Waals surface area contributed by atoms with Crippen molar-refractivity contribution in [2.75, 3.05) is 44.5 Å². The number of halogens is 1. The number of imide groups is 1. The number of amides is 7. The summed E-state index contributed by atoms with van der Waals surface area (Å²) < 4.78 is 34.2. The Labute approximate surface area is 427 Å². The monoisotopic (exact) mass is 1030 g/mol. The Bertz CT molecular complexity index is 3240. The third-order valence-corrected chi connectivity index (χ3v) is 13.9. The zero-order valence-electron chi connectivity index (χ0n) is 41.0. The van der Waals surface area contributed by atoms with Gasteiger partial charge in [0.2, 0.25) is 23.6 Å². The van der Waals surface area contributed by atoms with Crippen LogP contribution in [0.1, 0.15) is 88.9 Å². The van der Waals surface area contributed by atoms with Gasteiger partial charge in [-0.15, -0.1) is 0 Å². The number of carbonyl (C=O) groups excluding carboxylic acids is 8. The summed E-state index contributed by atoms with van der Waals surface area (Å²) in [5, 5.41) is 24.6. The van der Waals surface area contributed by atoms with Gasteiger partial charge in [-0.25, -0.2) is 19.1 Å². The minimum absolute atomic E-state index is 0.0228. The Morgan fingerprint density at radius 1 is 0.907 bits per heavy atom. The van der Waals surface area contributed by atoms with E-state index < -0.39 is 96.1 Å². The number of allylic oxidation sites excluding steroid dienone is 3. The predicted octanol–water partition coefficient (Wildman–Crippen LogP) is 1.86. The first kappa shape index (κ1) is 51.7. The number of benzene rings is 2. The predicted molar refractivity (Wildman–Crippen MR) is 265 cm³/mol. The summed E-state index contributed by atoms with van der Waals surface area (Å²) in [6.07, 6.45) is 10.0. The van der Waals surface area contributed by atoms with Gasteiger partial charge in [-0.3, -0.25) is 38.4 Å². The van der Waals surface area contributed by atoms with E-state index in [1.54, 1.807) is 19.9 Å². The molecule has 21 nitrogen and oxygen atoms in total. The number of carbonyl (C=O) groups is 8. The molecule has 0 fully saturated rings. The van der Waals surface area contributed by atoms with E-state index in [4.69, 9.17) is 19.2 Å². The number of aromatic nitrogens is 2. The summed E-state index contributed by atoms with van der Waals surface area (Å²) in [5.74, 6) is -5.73. The lowest BCUT2D eigenvalue weighted by Gasteiger charge is -2.31. The lowest BCUT2D eigenvalue weighted by molar-refractivity contribution is -0.172. The normalized spacial score (nSPS) is 18.4. The molecule has 75 heavy (non-hydrogen) atoms. The average Bonchev–Trinajstić information content (AvgIpc) is 3.97. The number of fused-ring (bicyclic) bond motifs is 5. The second kappa shape index (κ2) is 21.7. The van der Waals surface area contributed by atoms with Gasteiger partial charge in [0.25, 0.3) is 23.3 Å². The fraction of sp³-hybridized carbons (Fsp3) is 0.358. The van der Waals surface area contributed by atoms with Crippen LogP contribution in [0.4, 0.5) is 10.1 Å². The molecule has 22 heteroatoms. The van der Waals surface area contributed by atoms with Crippen molar-refractivity contribution in [1.29, 1.82) is 0 Å². The van der Waals surface area contributed by atoms with E-state index in [-0.39, 0.29) is 68.3 Å². The number of nitrogens with zero attached hydrogens (tertiary/aromatic N) is 3. The van der Waals surface area contributed by atoms with E-state index in [0.717, 1.165) is 52.0 Å². The Balaban J connectivity index is 0.754. The van der Waals surface area contributed by atoms with Crippen LogP contribution in [0.5, 0.6) is 0 Å². The first-order chi connectivity index (χ1) is 36.1. The van der Waals surface area contributed by atoms with Crippen LogP contribution in [0.15, 0.2) is 77.1 Å². The maximum atomic E-state index is 15.3. The van der Waals surface area contributed by atoms with E-state index in [2.05, 4.69) is 26.6 Å². The molecular weight excluding hydrogens is 976 g/mol. The van der Waals surface area contributed by atoms with Gasteiger partial charge in [-0.05, 0) is 85.6 Å². The molecule has 2 aromatic carbocycles. The first-order valence-electron chi connectivity index (χ1n) is 24.5. The number of hydrogen-bond donors (Lipinski definition) is 6. The number of rotatable bonds is 19. The molecule has 0 spiro atoms. The molecule has 5 aliphatic rings.